The molecular weight excluding hydrogens is 294 g/mol. The first kappa shape index (κ1) is 15.5. The number of halogens is 1. The van der Waals surface area contributed by atoms with Crippen LogP contribution in [-0.4, -0.2) is 36.7 Å². The number of anilines is 1. The topological polar surface area (TPSA) is 76.4 Å². The molecule has 6 nitrogen and oxygen atoms in total. The highest BCUT2D eigenvalue weighted by Gasteiger charge is 2.21. The van der Waals surface area contributed by atoms with Gasteiger partial charge in [0.15, 0.2) is 12.2 Å². The molecule has 1 atom stereocenters. The maximum absolute atomic E-state index is 12.1. The van der Waals surface area contributed by atoms with Gasteiger partial charge < -0.3 is 19.8 Å². The zero-order chi connectivity index (χ0) is 13.8. The second-order valence-corrected chi connectivity index (χ2v) is 4.52. The molecule has 21 heavy (non-hydrogen) atoms. The number of rotatable bonds is 3. The third-order valence-electron chi connectivity index (χ3n) is 3.09. The monoisotopic (exact) mass is 309 g/mol. The number of hydrogen-bond acceptors (Lipinski definition) is 5. The molecule has 0 saturated carbocycles. The molecule has 1 aromatic carbocycles. The molecule has 2 aromatic rings. The summed E-state index contributed by atoms with van der Waals surface area (Å²) in [5, 5.41) is 5.99. The minimum Gasteiger partial charge on any atom is -0.444 e. The third kappa shape index (κ3) is 3.81. The molecule has 0 bridgehead atoms. The summed E-state index contributed by atoms with van der Waals surface area (Å²) in [6, 6.07) is 7.14. The number of nitrogens with zero attached hydrogens (tertiary/aromatic N) is 1. The fraction of sp³-hybridized carbons (Fsp3) is 0.286. The molecule has 0 radical (unpaired) electrons. The van der Waals surface area contributed by atoms with Crippen molar-refractivity contribution in [1.29, 1.82) is 0 Å². The average molecular weight is 310 g/mol. The number of carbonyl (C=O) groups excluding carboxylic acids is 1. The van der Waals surface area contributed by atoms with Crippen molar-refractivity contribution in [3.8, 4) is 11.3 Å². The minimum absolute atomic E-state index is 0. The van der Waals surface area contributed by atoms with Gasteiger partial charge in [-0.05, 0) is 12.1 Å². The molecule has 0 aliphatic carbocycles. The smallest absolute Gasteiger partial charge is 0.243 e. The van der Waals surface area contributed by atoms with E-state index in [1.807, 2.05) is 24.3 Å². The van der Waals surface area contributed by atoms with Crippen LogP contribution in [0.15, 0.2) is 41.3 Å². The van der Waals surface area contributed by atoms with E-state index in [1.54, 1.807) is 6.20 Å². The maximum Gasteiger partial charge on any atom is 0.243 e. The highest BCUT2D eigenvalue weighted by atomic mass is 35.5. The second kappa shape index (κ2) is 7.21. The molecular formula is C14H16ClN3O3. The van der Waals surface area contributed by atoms with E-state index in [9.17, 15) is 4.79 Å². The lowest BCUT2D eigenvalue weighted by Gasteiger charge is -2.22. The molecule has 7 heteroatoms. The van der Waals surface area contributed by atoms with Crippen molar-refractivity contribution >= 4 is 24.0 Å². The van der Waals surface area contributed by atoms with Gasteiger partial charge in [0.05, 0.1) is 19.4 Å². The maximum atomic E-state index is 12.1. The molecule has 3 rings (SSSR count). The van der Waals surface area contributed by atoms with Crippen molar-refractivity contribution in [1.82, 2.24) is 10.3 Å². The van der Waals surface area contributed by atoms with E-state index in [2.05, 4.69) is 15.6 Å². The molecule has 1 fully saturated rings. The highest BCUT2D eigenvalue weighted by molar-refractivity contribution is 5.95. The quantitative estimate of drug-likeness (QED) is 0.902. The Kier molecular flexibility index (Phi) is 5.32. The summed E-state index contributed by atoms with van der Waals surface area (Å²) in [5.74, 6) is 0.569. The first-order valence-electron chi connectivity index (χ1n) is 6.44. The van der Waals surface area contributed by atoms with Crippen LogP contribution in [-0.2, 0) is 9.53 Å². The number of amides is 1. The number of oxazole rings is 1. The Morgan fingerprint density at radius 1 is 1.43 bits per heavy atom. The van der Waals surface area contributed by atoms with Crippen molar-refractivity contribution in [2.45, 2.75) is 6.04 Å². The van der Waals surface area contributed by atoms with E-state index < -0.39 is 0 Å². The van der Waals surface area contributed by atoms with Crippen LogP contribution in [0.1, 0.15) is 0 Å². The van der Waals surface area contributed by atoms with Crippen LogP contribution < -0.4 is 10.6 Å². The Balaban J connectivity index is 0.00000161. The van der Waals surface area contributed by atoms with Crippen molar-refractivity contribution in [3.05, 3.63) is 36.9 Å². The molecule has 0 spiro atoms. The van der Waals surface area contributed by atoms with Gasteiger partial charge in [-0.15, -0.1) is 12.4 Å². The molecule has 112 valence electrons. The summed E-state index contributed by atoms with van der Waals surface area (Å²) in [6.45, 7) is 1.73. The summed E-state index contributed by atoms with van der Waals surface area (Å²) in [4.78, 5) is 16.0. The van der Waals surface area contributed by atoms with E-state index in [4.69, 9.17) is 9.15 Å². The van der Waals surface area contributed by atoms with Gasteiger partial charge >= 0.3 is 0 Å². The van der Waals surface area contributed by atoms with Gasteiger partial charge in [0.25, 0.3) is 0 Å². The van der Waals surface area contributed by atoms with Crippen LogP contribution in [0.3, 0.4) is 0 Å². The standard InChI is InChI=1S/C14H15N3O3.ClH/c18-14(12-8-19-5-4-16-12)17-11-3-1-2-10(6-11)13-7-15-9-20-13;/h1-3,6-7,9,12,16H,4-5,8H2,(H,17,18);1H. The predicted molar refractivity (Wildman–Crippen MR) is 80.4 cm³/mol. The molecule has 1 aliphatic heterocycles. The van der Waals surface area contributed by atoms with E-state index in [1.165, 1.54) is 6.39 Å². The fourth-order valence-corrected chi connectivity index (χ4v) is 2.07. The summed E-state index contributed by atoms with van der Waals surface area (Å²) >= 11 is 0. The molecule has 1 saturated heterocycles. The lowest BCUT2D eigenvalue weighted by Crippen LogP contribution is -2.48. The van der Waals surface area contributed by atoms with Crippen molar-refractivity contribution in [3.63, 3.8) is 0 Å². The van der Waals surface area contributed by atoms with E-state index in [0.717, 1.165) is 11.3 Å². The summed E-state index contributed by atoms with van der Waals surface area (Å²) in [5.41, 5.74) is 1.59. The Morgan fingerprint density at radius 3 is 3.05 bits per heavy atom. The van der Waals surface area contributed by atoms with Gasteiger partial charge in [-0.1, -0.05) is 12.1 Å². The molecule has 1 aromatic heterocycles. The number of nitrogens with one attached hydrogen (secondary N) is 2. The van der Waals surface area contributed by atoms with Gasteiger partial charge in [-0.2, -0.15) is 0 Å². The summed E-state index contributed by atoms with van der Waals surface area (Å²) in [7, 11) is 0. The van der Waals surface area contributed by atoms with Crippen LogP contribution in [0.4, 0.5) is 5.69 Å². The first-order chi connectivity index (χ1) is 9.83. The Morgan fingerprint density at radius 2 is 2.33 bits per heavy atom. The predicted octanol–water partition coefficient (Wildman–Crippen LogP) is 1.69. The van der Waals surface area contributed by atoms with Crippen LogP contribution in [0.5, 0.6) is 0 Å². The van der Waals surface area contributed by atoms with Gasteiger partial charge in [0.2, 0.25) is 5.91 Å². The zero-order valence-electron chi connectivity index (χ0n) is 11.2. The van der Waals surface area contributed by atoms with Crippen molar-refractivity contribution < 1.29 is 13.9 Å². The number of benzene rings is 1. The van der Waals surface area contributed by atoms with Gasteiger partial charge in [0, 0.05) is 17.8 Å². The zero-order valence-corrected chi connectivity index (χ0v) is 12.1. The Hall–Kier alpha value is -1.89. The van der Waals surface area contributed by atoms with E-state index >= 15 is 0 Å². The highest BCUT2D eigenvalue weighted by Crippen LogP contribution is 2.22. The lowest BCUT2D eigenvalue weighted by molar-refractivity contribution is -0.120. The SMILES string of the molecule is Cl.O=C(Nc1cccc(-c2cnco2)c1)C1COCCN1. The normalized spacial score (nSPS) is 17.8. The summed E-state index contributed by atoms with van der Waals surface area (Å²) in [6.07, 6.45) is 3.02. The number of ether oxygens (including phenoxy) is 1. The van der Waals surface area contributed by atoms with Crippen LogP contribution in [0.2, 0.25) is 0 Å². The lowest BCUT2D eigenvalue weighted by atomic mass is 10.1. The van der Waals surface area contributed by atoms with Gasteiger partial charge in [-0.25, -0.2) is 4.98 Å². The molecule has 2 N–H and O–H groups in total. The van der Waals surface area contributed by atoms with Crippen molar-refractivity contribution in [2.75, 3.05) is 25.1 Å². The average Bonchev–Trinajstić information content (AvgIpc) is 3.03. The van der Waals surface area contributed by atoms with Crippen molar-refractivity contribution in [2.24, 2.45) is 0 Å². The van der Waals surface area contributed by atoms with E-state index in [-0.39, 0.29) is 24.4 Å². The second-order valence-electron chi connectivity index (χ2n) is 4.52. The summed E-state index contributed by atoms with van der Waals surface area (Å²) < 4.78 is 10.5. The van der Waals surface area contributed by atoms with Crippen LogP contribution in [0, 0.1) is 0 Å². The van der Waals surface area contributed by atoms with E-state index in [0.29, 0.717) is 25.5 Å². The fourth-order valence-electron chi connectivity index (χ4n) is 2.07. The number of hydrogen-bond donors (Lipinski definition) is 2. The number of morpholine rings is 1. The molecule has 1 amide bonds. The van der Waals surface area contributed by atoms with Gasteiger partial charge in [0.1, 0.15) is 6.04 Å². The first-order valence-corrected chi connectivity index (χ1v) is 6.44. The Labute approximate surface area is 128 Å². The molecule has 1 unspecified atom stereocenters. The Bertz CT molecular complexity index is 583. The largest absolute Gasteiger partial charge is 0.444 e. The number of carbonyl (C=O) groups is 1. The van der Waals surface area contributed by atoms with Crippen LogP contribution in [0.25, 0.3) is 11.3 Å². The van der Waals surface area contributed by atoms with Gasteiger partial charge in [-0.3, -0.25) is 4.79 Å². The van der Waals surface area contributed by atoms with Crippen LogP contribution >= 0.6 is 12.4 Å². The molecule has 1 aliphatic rings. The molecule has 2 heterocycles. The number of aromatic nitrogens is 1. The minimum atomic E-state index is -0.308. The third-order valence-corrected chi connectivity index (χ3v) is 3.09.